The molecule has 21 heavy (non-hydrogen) atoms. The van der Waals surface area contributed by atoms with Gasteiger partial charge in [-0.2, -0.15) is 0 Å². The number of phenolic OH excluding ortho intramolecular Hbond substituents is 2. The van der Waals surface area contributed by atoms with Crippen LogP contribution in [0.3, 0.4) is 0 Å². The molecule has 0 fully saturated rings. The molecule has 0 radical (unpaired) electrons. The van der Waals surface area contributed by atoms with Crippen LogP contribution in [0, 0.1) is 0 Å². The fourth-order valence-corrected chi connectivity index (χ4v) is 2.32. The Morgan fingerprint density at radius 1 is 1.00 bits per heavy atom. The standard InChI is InChI=1S/C15H12O6/c1-19-9-3-4-10(20-2)15-13(9)14(18)12-8(17)5-7(16)6-11(12)21-15/h3-6,16-17H,1-2H3. The van der Waals surface area contributed by atoms with Crippen molar-refractivity contribution in [3.8, 4) is 23.0 Å². The van der Waals surface area contributed by atoms with Crippen LogP contribution in [0.2, 0.25) is 0 Å². The molecular weight excluding hydrogens is 276 g/mol. The summed E-state index contributed by atoms with van der Waals surface area (Å²) in [6.45, 7) is 0. The number of hydrogen-bond donors (Lipinski definition) is 2. The molecule has 0 spiro atoms. The molecule has 6 nitrogen and oxygen atoms in total. The Bertz CT molecular complexity index is 910. The van der Waals surface area contributed by atoms with Crippen LogP contribution in [0.5, 0.6) is 23.0 Å². The monoisotopic (exact) mass is 288 g/mol. The second kappa shape index (κ2) is 4.59. The van der Waals surface area contributed by atoms with E-state index >= 15 is 0 Å². The molecule has 0 bridgehead atoms. The van der Waals surface area contributed by atoms with Crippen molar-refractivity contribution in [2.45, 2.75) is 0 Å². The molecule has 0 aliphatic rings. The van der Waals surface area contributed by atoms with Gasteiger partial charge in [0.2, 0.25) is 5.43 Å². The van der Waals surface area contributed by atoms with Crippen LogP contribution >= 0.6 is 0 Å². The van der Waals surface area contributed by atoms with Gasteiger partial charge in [-0.05, 0) is 12.1 Å². The van der Waals surface area contributed by atoms with E-state index in [1.807, 2.05) is 0 Å². The summed E-state index contributed by atoms with van der Waals surface area (Å²) < 4.78 is 16.0. The molecule has 3 rings (SSSR count). The smallest absolute Gasteiger partial charge is 0.208 e. The number of methoxy groups -OCH3 is 2. The van der Waals surface area contributed by atoms with Crippen molar-refractivity contribution in [3.05, 3.63) is 34.5 Å². The van der Waals surface area contributed by atoms with Gasteiger partial charge in [0.25, 0.3) is 0 Å². The van der Waals surface area contributed by atoms with Crippen LogP contribution in [0.1, 0.15) is 0 Å². The first-order valence-electron chi connectivity index (χ1n) is 6.10. The lowest BCUT2D eigenvalue weighted by atomic mass is 10.1. The van der Waals surface area contributed by atoms with E-state index in [4.69, 9.17) is 13.9 Å². The lowest BCUT2D eigenvalue weighted by molar-refractivity contribution is 0.403. The third-order valence-corrected chi connectivity index (χ3v) is 3.26. The summed E-state index contributed by atoms with van der Waals surface area (Å²) in [4.78, 5) is 12.6. The Morgan fingerprint density at radius 2 is 1.67 bits per heavy atom. The topological polar surface area (TPSA) is 89.1 Å². The molecule has 2 aromatic carbocycles. The first kappa shape index (κ1) is 13.1. The van der Waals surface area contributed by atoms with Crippen molar-refractivity contribution < 1.29 is 24.1 Å². The fraction of sp³-hybridized carbons (Fsp3) is 0.133. The van der Waals surface area contributed by atoms with Gasteiger partial charge in [0.05, 0.1) is 14.2 Å². The van der Waals surface area contributed by atoms with Crippen molar-refractivity contribution in [1.82, 2.24) is 0 Å². The van der Waals surface area contributed by atoms with Gasteiger partial charge in [-0.15, -0.1) is 0 Å². The summed E-state index contributed by atoms with van der Waals surface area (Å²) >= 11 is 0. The van der Waals surface area contributed by atoms with Gasteiger partial charge in [0.15, 0.2) is 11.3 Å². The molecule has 0 saturated carbocycles. The summed E-state index contributed by atoms with van der Waals surface area (Å²) in [6, 6.07) is 5.53. The second-order valence-corrected chi connectivity index (χ2v) is 4.44. The van der Waals surface area contributed by atoms with E-state index in [1.165, 1.54) is 20.3 Å². The molecule has 0 unspecified atom stereocenters. The normalized spacial score (nSPS) is 11.0. The zero-order valence-electron chi connectivity index (χ0n) is 11.3. The van der Waals surface area contributed by atoms with Crippen molar-refractivity contribution in [3.63, 3.8) is 0 Å². The van der Waals surface area contributed by atoms with Gasteiger partial charge in [-0.25, -0.2) is 0 Å². The van der Waals surface area contributed by atoms with Crippen molar-refractivity contribution in [1.29, 1.82) is 0 Å². The van der Waals surface area contributed by atoms with E-state index in [0.717, 1.165) is 6.07 Å². The maximum absolute atomic E-state index is 12.6. The Balaban J connectivity index is 2.62. The van der Waals surface area contributed by atoms with Gasteiger partial charge in [0, 0.05) is 12.1 Å². The molecule has 1 aromatic heterocycles. The summed E-state index contributed by atoms with van der Waals surface area (Å²) in [7, 11) is 2.88. The first-order chi connectivity index (χ1) is 10.1. The molecule has 3 aromatic rings. The number of phenols is 2. The Morgan fingerprint density at radius 3 is 2.33 bits per heavy atom. The Kier molecular flexibility index (Phi) is 2.86. The van der Waals surface area contributed by atoms with E-state index in [9.17, 15) is 15.0 Å². The molecule has 0 amide bonds. The van der Waals surface area contributed by atoms with E-state index in [-0.39, 0.29) is 33.4 Å². The highest BCUT2D eigenvalue weighted by Crippen LogP contribution is 2.36. The maximum atomic E-state index is 12.6. The first-order valence-corrected chi connectivity index (χ1v) is 6.10. The number of ether oxygens (including phenoxy) is 2. The van der Waals surface area contributed by atoms with Crippen LogP contribution < -0.4 is 14.9 Å². The van der Waals surface area contributed by atoms with Crippen molar-refractivity contribution in [2.75, 3.05) is 14.2 Å². The van der Waals surface area contributed by atoms with Crippen LogP contribution in [-0.2, 0) is 0 Å². The largest absolute Gasteiger partial charge is 0.508 e. The average Bonchev–Trinajstić information content (AvgIpc) is 2.45. The van der Waals surface area contributed by atoms with Crippen molar-refractivity contribution in [2.24, 2.45) is 0 Å². The number of rotatable bonds is 2. The lowest BCUT2D eigenvalue weighted by Crippen LogP contribution is -2.05. The lowest BCUT2D eigenvalue weighted by Gasteiger charge is -2.10. The number of fused-ring (bicyclic) bond motifs is 2. The summed E-state index contributed by atoms with van der Waals surface area (Å²) in [5.41, 5.74) is -0.199. The molecule has 108 valence electrons. The average molecular weight is 288 g/mol. The molecular formula is C15H12O6. The molecule has 0 saturated heterocycles. The summed E-state index contributed by atoms with van der Waals surface area (Å²) in [5.74, 6) is 0.108. The molecule has 0 aliphatic carbocycles. The number of hydrogen-bond acceptors (Lipinski definition) is 6. The number of benzene rings is 2. The Labute approximate surface area is 118 Å². The van der Waals surface area contributed by atoms with Crippen LogP contribution in [-0.4, -0.2) is 24.4 Å². The summed E-state index contributed by atoms with van der Waals surface area (Å²) in [6.07, 6.45) is 0. The van der Waals surface area contributed by atoms with Gasteiger partial charge in [-0.1, -0.05) is 0 Å². The van der Waals surface area contributed by atoms with Gasteiger partial charge >= 0.3 is 0 Å². The molecule has 1 heterocycles. The fourth-order valence-electron chi connectivity index (χ4n) is 2.32. The third kappa shape index (κ3) is 1.84. The predicted octanol–water partition coefficient (Wildman–Crippen LogP) is 2.37. The highest BCUT2D eigenvalue weighted by molar-refractivity contribution is 5.98. The predicted molar refractivity (Wildman–Crippen MR) is 76.4 cm³/mol. The molecule has 0 aliphatic heterocycles. The van der Waals surface area contributed by atoms with E-state index in [1.54, 1.807) is 12.1 Å². The second-order valence-electron chi connectivity index (χ2n) is 4.44. The maximum Gasteiger partial charge on any atom is 0.208 e. The van der Waals surface area contributed by atoms with E-state index in [2.05, 4.69) is 0 Å². The quantitative estimate of drug-likeness (QED) is 0.704. The SMILES string of the molecule is COc1ccc(OC)c2c(=O)c3c(O)cc(O)cc3oc12. The summed E-state index contributed by atoms with van der Waals surface area (Å²) in [5, 5.41) is 19.6. The van der Waals surface area contributed by atoms with Crippen LogP contribution in [0.25, 0.3) is 21.9 Å². The van der Waals surface area contributed by atoms with E-state index in [0.29, 0.717) is 11.5 Å². The Hall–Kier alpha value is -2.89. The van der Waals surface area contributed by atoms with E-state index < -0.39 is 5.43 Å². The highest BCUT2D eigenvalue weighted by Gasteiger charge is 2.18. The van der Waals surface area contributed by atoms with Gasteiger partial charge in [-0.3, -0.25) is 4.79 Å². The van der Waals surface area contributed by atoms with Crippen LogP contribution in [0.4, 0.5) is 0 Å². The van der Waals surface area contributed by atoms with Gasteiger partial charge < -0.3 is 24.1 Å². The third-order valence-electron chi connectivity index (χ3n) is 3.26. The van der Waals surface area contributed by atoms with Crippen LogP contribution in [0.15, 0.2) is 33.5 Å². The zero-order chi connectivity index (χ0) is 15.1. The minimum absolute atomic E-state index is 0.0214. The minimum atomic E-state index is -0.459. The zero-order valence-corrected chi connectivity index (χ0v) is 11.3. The molecule has 0 atom stereocenters. The van der Waals surface area contributed by atoms with Crippen molar-refractivity contribution >= 4 is 21.9 Å². The van der Waals surface area contributed by atoms with Gasteiger partial charge in [0.1, 0.15) is 33.6 Å². The molecule has 6 heteroatoms. The molecule has 2 N–H and O–H groups in total. The number of aromatic hydroxyl groups is 2. The highest BCUT2D eigenvalue weighted by atomic mass is 16.5. The minimum Gasteiger partial charge on any atom is -0.508 e.